The fraction of sp³-hybridized carbons (Fsp3) is 0.769. The molecule has 0 bridgehead atoms. The van der Waals surface area contributed by atoms with E-state index in [0.717, 1.165) is 25.0 Å². The molecule has 0 heterocycles. The number of ether oxygens (including phenoxy) is 1. The summed E-state index contributed by atoms with van der Waals surface area (Å²) in [5.41, 5.74) is 0.220. The van der Waals surface area contributed by atoms with Crippen molar-refractivity contribution in [3.63, 3.8) is 0 Å². The van der Waals surface area contributed by atoms with Crippen molar-refractivity contribution in [3.05, 3.63) is 0 Å². The molecule has 0 saturated heterocycles. The summed E-state index contributed by atoms with van der Waals surface area (Å²) in [6, 6.07) is 0. The lowest BCUT2D eigenvalue weighted by molar-refractivity contribution is -0.138. The van der Waals surface area contributed by atoms with Crippen LogP contribution in [0.25, 0.3) is 0 Å². The van der Waals surface area contributed by atoms with Gasteiger partial charge in [-0.2, -0.15) is 4.99 Å². The Balaban J connectivity index is 2.55. The minimum absolute atomic E-state index is 0.0948. The van der Waals surface area contributed by atoms with Gasteiger partial charge < -0.3 is 9.84 Å². The molecule has 102 valence electrons. The van der Waals surface area contributed by atoms with E-state index >= 15 is 0 Å². The lowest BCUT2D eigenvalue weighted by Crippen LogP contribution is -2.24. The molecule has 5 nitrogen and oxygen atoms in total. The van der Waals surface area contributed by atoms with E-state index in [1.54, 1.807) is 20.8 Å². The Bertz CT molecular complexity index is 354. The first-order chi connectivity index (χ1) is 8.26. The number of aliphatic carboxylic acids is 1. The Morgan fingerprint density at radius 2 is 2.11 bits per heavy atom. The highest BCUT2D eigenvalue weighted by Gasteiger charge is 2.22. The Labute approximate surface area is 107 Å². The van der Waals surface area contributed by atoms with E-state index in [-0.39, 0.29) is 12.3 Å². The summed E-state index contributed by atoms with van der Waals surface area (Å²) in [5, 5.41) is 8.76. The number of hydrogen-bond donors (Lipinski definition) is 1. The second-order valence-electron chi connectivity index (χ2n) is 5.72. The number of carboxylic acid groups (broad SMARTS) is 1. The molecule has 1 amide bonds. The Kier molecular flexibility index (Phi) is 4.87. The summed E-state index contributed by atoms with van der Waals surface area (Å²) < 4.78 is 5.11. The fourth-order valence-electron chi connectivity index (χ4n) is 2.07. The number of nitrogens with zero attached hydrogens (tertiary/aromatic N) is 1. The minimum atomic E-state index is -0.793. The first-order valence-corrected chi connectivity index (χ1v) is 6.27. The molecule has 1 atom stereocenters. The van der Waals surface area contributed by atoms with Gasteiger partial charge in [0.2, 0.25) is 0 Å². The Morgan fingerprint density at radius 1 is 1.44 bits per heavy atom. The first-order valence-electron chi connectivity index (χ1n) is 6.27. The summed E-state index contributed by atoms with van der Waals surface area (Å²) in [6.45, 7) is 5.37. The van der Waals surface area contributed by atoms with E-state index in [0.29, 0.717) is 6.42 Å². The van der Waals surface area contributed by atoms with Crippen molar-refractivity contribution in [2.75, 3.05) is 0 Å². The van der Waals surface area contributed by atoms with Gasteiger partial charge in [-0.1, -0.05) is 0 Å². The van der Waals surface area contributed by atoms with Crippen molar-refractivity contribution in [1.29, 1.82) is 0 Å². The predicted octanol–water partition coefficient (Wildman–Crippen LogP) is 3.03. The van der Waals surface area contributed by atoms with Crippen LogP contribution in [0.1, 0.15) is 52.9 Å². The Morgan fingerprint density at radius 3 is 2.67 bits per heavy atom. The second kappa shape index (κ2) is 5.98. The van der Waals surface area contributed by atoms with Crippen LogP contribution in [0.2, 0.25) is 0 Å². The topological polar surface area (TPSA) is 76.0 Å². The number of aliphatic imine (C=N–C) groups is 1. The van der Waals surface area contributed by atoms with Gasteiger partial charge in [-0.3, -0.25) is 4.79 Å². The minimum Gasteiger partial charge on any atom is -0.481 e. The molecule has 1 saturated carbocycles. The van der Waals surface area contributed by atoms with Crippen molar-refractivity contribution in [2.24, 2.45) is 10.9 Å². The SMILES string of the molecule is CC(C)(C)OC(=O)/N=C1\CCC[C@H](CC(=O)O)C1. The van der Waals surface area contributed by atoms with Crippen LogP contribution in [0, 0.1) is 5.92 Å². The molecule has 1 N–H and O–H groups in total. The van der Waals surface area contributed by atoms with Gasteiger partial charge in [-0.25, -0.2) is 4.79 Å². The van der Waals surface area contributed by atoms with Crippen molar-refractivity contribution >= 4 is 17.8 Å². The lowest BCUT2D eigenvalue weighted by Gasteiger charge is -2.22. The maximum atomic E-state index is 11.5. The molecule has 0 spiro atoms. The fourth-order valence-corrected chi connectivity index (χ4v) is 2.07. The van der Waals surface area contributed by atoms with Gasteiger partial charge in [0.1, 0.15) is 5.60 Å². The number of carboxylic acids is 1. The summed E-state index contributed by atoms with van der Waals surface area (Å²) in [6.07, 6.45) is 2.70. The lowest BCUT2D eigenvalue weighted by atomic mass is 9.85. The summed E-state index contributed by atoms with van der Waals surface area (Å²) in [5.74, 6) is -0.698. The third-order valence-electron chi connectivity index (χ3n) is 2.71. The molecule has 1 aliphatic rings. The molecular formula is C13H21NO4. The van der Waals surface area contributed by atoms with Crippen LogP contribution in [0.4, 0.5) is 4.79 Å². The number of carbonyl (C=O) groups is 2. The van der Waals surface area contributed by atoms with Gasteiger partial charge in [-0.15, -0.1) is 0 Å². The number of rotatable bonds is 2. The molecule has 1 rings (SSSR count). The van der Waals surface area contributed by atoms with E-state index in [1.807, 2.05) is 0 Å². The molecule has 0 radical (unpaired) electrons. The molecule has 5 heteroatoms. The van der Waals surface area contributed by atoms with Crippen molar-refractivity contribution < 1.29 is 19.4 Å². The maximum Gasteiger partial charge on any atom is 0.434 e. The molecule has 0 unspecified atom stereocenters. The molecule has 0 aromatic rings. The number of carbonyl (C=O) groups excluding carboxylic acids is 1. The number of hydrogen-bond acceptors (Lipinski definition) is 3. The highest BCUT2D eigenvalue weighted by atomic mass is 16.6. The standard InChI is InChI=1S/C13H21NO4/c1-13(2,3)18-12(17)14-10-6-4-5-9(7-10)8-11(15)16/h9H,4-8H2,1-3H3,(H,15,16)/b14-10+/t9-/m0/s1. The summed E-state index contributed by atoms with van der Waals surface area (Å²) in [4.78, 5) is 26.1. The Hall–Kier alpha value is -1.39. The highest BCUT2D eigenvalue weighted by Crippen LogP contribution is 2.25. The van der Waals surface area contributed by atoms with Crippen LogP contribution in [0.3, 0.4) is 0 Å². The van der Waals surface area contributed by atoms with Crippen molar-refractivity contribution in [2.45, 2.75) is 58.5 Å². The van der Waals surface area contributed by atoms with E-state index in [1.165, 1.54) is 0 Å². The second-order valence-corrected chi connectivity index (χ2v) is 5.72. The largest absolute Gasteiger partial charge is 0.481 e. The third-order valence-corrected chi connectivity index (χ3v) is 2.71. The molecular weight excluding hydrogens is 234 g/mol. The molecule has 1 fully saturated rings. The van der Waals surface area contributed by atoms with Gasteiger partial charge in [0.05, 0.1) is 0 Å². The highest BCUT2D eigenvalue weighted by molar-refractivity contribution is 5.94. The van der Waals surface area contributed by atoms with Crippen LogP contribution in [0.15, 0.2) is 4.99 Å². The van der Waals surface area contributed by atoms with Gasteiger partial charge >= 0.3 is 12.1 Å². The molecule has 18 heavy (non-hydrogen) atoms. The van der Waals surface area contributed by atoms with Crippen molar-refractivity contribution in [1.82, 2.24) is 0 Å². The van der Waals surface area contributed by atoms with E-state index < -0.39 is 17.7 Å². The number of amides is 1. The van der Waals surface area contributed by atoms with Crippen LogP contribution >= 0.6 is 0 Å². The van der Waals surface area contributed by atoms with Gasteiger partial charge in [0.15, 0.2) is 0 Å². The average molecular weight is 255 g/mol. The molecule has 0 aliphatic heterocycles. The quantitative estimate of drug-likeness (QED) is 0.822. The molecule has 0 aromatic heterocycles. The molecule has 1 aliphatic carbocycles. The average Bonchev–Trinajstić information content (AvgIpc) is 2.13. The van der Waals surface area contributed by atoms with Crippen molar-refractivity contribution in [3.8, 4) is 0 Å². The molecule has 0 aromatic carbocycles. The summed E-state index contributed by atoms with van der Waals surface area (Å²) in [7, 11) is 0. The van der Waals surface area contributed by atoms with Crippen LogP contribution in [-0.2, 0) is 9.53 Å². The van der Waals surface area contributed by atoms with Crippen LogP contribution in [0.5, 0.6) is 0 Å². The third kappa shape index (κ3) is 5.80. The normalized spacial score (nSPS) is 22.8. The van der Waals surface area contributed by atoms with E-state index in [2.05, 4.69) is 4.99 Å². The van der Waals surface area contributed by atoms with Crippen LogP contribution < -0.4 is 0 Å². The van der Waals surface area contributed by atoms with Gasteiger partial charge in [-0.05, 0) is 52.4 Å². The van der Waals surface area contributed by atoms with E-state index in [4.69, 9.17) is 9.84 Å². The van der Waals surface area contributed by atoms with E-state index in [9.17, 15) is 9.59 Å². The maximum absolute atomic E-state index is 11.5. The zero-order valence-electron chi connectivity index (χ0n) is 11.2. The zero-order valence-corrected chi connectivity index (χ0v) is 11.2. The zero-order chi connectivity index (χ0) is 13.8. The first kappa shape index (κ1) is 14.7. The smallest absolute Gasteiger partial charge is 0.434 e. The van der Waals surface area contributed by atoms with Gasteiger partial charge in [0.25, 0.3) is 0 Å². The monoisotopic (exact) mass is 255 g/mol. The van der Waals surface area contributed by atoms with Gasteiger partial charge in [0, 0.05) is 12.1 Å². The summed E-state index contributed by atoms with van der Waals surface area (Å²) >= 11 is 0. The predicted molar refractivity (Wildman–Crippen MR) is 67.9 cm³/mol. The van der Waals surface area contributed by atoms with Crippen LogP contribution in [-0.4, -0.2) is 28.5 Å².